The van der Waals surface area contributed by atoms with Crippen LogP contribution in [0.5, 0.6) is 0 Å². The van der Waals surface area contributed by atoms with Gasteiger partial charge in [0, 0.05) is 12.0 Å². The van der Waals surface area contributed by atoms with Crippen LogP contribution in [0.25, 0.3) is 0 Å². The number of aryl methyl sites for hydroxylation is 2. The van der Waals surface area contributed by atoms with Crippen molar-refractivity contribution < 1.29 is 13.6 Å². The lowest BCUT2D eigenvalue weighted by molar-refractivity contribution is 0.0904. The Labute approximate surface area is 105 Å². The molecule has 0 spiro atoms. The first kappa shape index (κ1) is 11.1. The molecule has 3 rings (SSSR count). The Kier molecular flexibility index (Phi) is 2.70. The third-order valence-corrected chi connectivity index (χ3v) is 3.40. The molecule has 0 radical (unpaired) electrons. The summed E-state index contributed by atoms with van der Waals surface area (Å²) < 4.78 is 10.6. The summed E-state index contributed by atoms with van der Waals surface area (Å²) in [6, 6.07) is 3.41. The lowest BCUT2D eigenvalue weighted by Gasteiger charge is -2.23. The van der Waals surface area contributed by atoms with E-state index in [2.05, 4.69) is 5.32 Å². The second-order valence-corrected chi connectivity index (χ2v) is 4.65. The van der Waals surface area contributed by atoms with Crippen molar-refractivity contribution in [2.24, 2.45) is 0 Å². The highest BCUT2D eigenvalue weighted by molar-refractivity contribution is 5.91. The number of hydrogen-bond donors (Lipinski definition) is 1. The van der Waals surface area contributed by atoms with Crippen molar-refractivity contribution in [2.45, 2.75) is 32.2 Å². The molecule has 0 aliphatic heterocycles. The maximum absolute atomic E-state index is 12.0. The Hall–Kier alpha value is -1.97. The molecule has 1 atom stereocenters. The van der Waals surface area contributed by atoms with Gasteiger partial charge < -0.3 is 14.2 Å². The Morgan fingerprint density at radius 2 is 2.33 bits per heavy atom. The SMILES string of the molecule is Cc1coc2c1[C@H](NC(=O)c1ccco1)CCC2. The van der Waals surface area contributed by atoms with Gasteiger partial charge in [-0.05, 0) is 37.5 Å². The summed E-state index contributed by atoms with van der Waals surface area (Å²) in [5.74, 6) is 1.19. The molecule has 1 aliphatic rings. The number of amides is 1. The van der Waals surface area contributed by atoms with Crippen molar-refractivity contribution in [3.05, 3.63) is 47.3 Å². The summed E-state index contributed by atoms with van der Waals surface area (Å²) in [4.78, 5) is 12.0. The minimum atomic E-state index is -0.168. The molecule has 1 N–H and O–H groups in total. The van der Waals surface area contributed by atoms with Crippen molar-refractivity contribution in [1.82, 2.24) is 5.32 Å². The monoisotopic (exact) mass is 245 g/mol. The van der Waals surface area contributed by atoms with Crippen LogP contribution in [0.4, 0.5) is 0 Å². The van der Waals surface area contributed by atoms with E-state index in [1.165, 1.54) is 6.26 Å². The fourth-order valence-corrected chi connectivity index (χ4v) is 2.56. The lowest BCUT2D eigenvalue weighted by Crippen LogP contribution is -2.30. The molecule has 0 saturated carbocycles. The summed E-state index contributed by atoms with van der Waals surface area (Å²) in [5.41, 5.74) is 2.25. The molecule has 2 aromatic heterocycles. The summed E-state index contributed by atoms with van der Waals surface area (Å²) >= 11 is 0. The van der Waals surface area contributed by atoms with Crippen molar-refractivity contribution in [3.63, 3.8) is 0 Å². The maximum Gasteiger partial charge on any atom is 0.287 e. The van der Waals surface area contributed by atoms with Gasteiger partial charge in [0.05, 0.1) is 18.6 Å². The highest BCUT2D eigenvalue weighted by Crippen LogP contribution is 2.33. The number of rotatable bonds is 2. The number of nitrogens with one attached hydrogen (secondary N) is 1. The zero-order chi connectivity index (χ0) is 12.5. The number of carbonyl (C=O) groups is 1. The van der Waals surface area contributed by atoms with Gasteiger partial charge in [-0.15, -0.1) is 0 Å². The molecule has 0 aromatic carbocycles. The molecule has 0 fully saturated rings. The van der Waals surface area contributed by atoms with Crippen LogP contribution in [0.2, 0.25) is 0 Å². The molecule has 4 heteroatoms. The van der Waals surface area contributed by atoms with E-state index in [-0.39, 0.29) is 11.9 Å². The van der Waals surface area contributed by atoms with Crippen molar-refractivity contribution in [1.29, 1.82) is 0 Å². The predicted molar refractivity (Wildman–Crippen MR) is 65.3 cm³/mol. The zero-order valence-corrected chi connectivity index (χ0v) is 10.2. The van der Waals surface area contributed by atoms with E-state index in [9.17, 15) is 4.79 Å². The quantitative estimate of drug-likeness (QED) is 0.884. The van der Waals surface area contributed by atoms with Gasteiger partial charge in [0.1, 0.15) is 5.76 Å². The van der Waals surface area contributed by atoms with E-state index in [0.717, 1.165) is 36.1 Å². The Morgan fingerprint density at radius 1 is 1.44 bits per heavy atom. The van der Waals surface area contributed by atoms with Gasteiger partial charge in [-0.1, -0.05) is 0 Å². The third kappa shape index (κ3) is 1.83. The van der Waals surface area contributed by atoms with Gasteiger partial charge in [0.15, 0.2) is 5.76 Å². The van der Waals surface area contributed by atoms with Gasteiger partial charge in [-0.3, -0.25) is 4.79 Å². The van der Waals surface area contributed by atoms with Gasteiger partial charge >= 0.3 is 0 Å². The molecule has 94 valence electrons. The van der Waals surface area contributed by atoms with Crippen molar-refractivity contribution >= 4 is 5.91 Å². The van der Waals surface area contributed by atoms with Crippen LogP contribution in [0, 0.1) is 6.92 Å². The van der Waals surface area contributed by atoms with E-state index in [4.69, 9.17) is 8.83 Å². The van der Waals surface area contributed by atoms with Crippen LogP contribution < -0.4 is 5.32 Å². The van der Waals surface area contributed by atoms with Crippen LogP contribution in [-0.2, 0) is 6.42 Å². The van der Waals surface area contributed by atoms with Crippen LogP contribution in [0.15, 0.2) is 33.5 Å². The lowest BCUT2D eigenvalue weighted by atomic mass is 9.91. The molecule has 1 amide bonds. The second-order valence-electron chi connectivity index (χ2n) is 4.65. The molecule has 0 saturated heterocycles. The number of fused-ring (bicyclic) bond motifs is 1. The molecule has 2 heterocycles. The average molecular weight is 245 g/mol. The Morgan fingerprint density at radius 3 is 3.11 bits per heavy atom. The van der Waals surface area contributed by atoms with Crippen LogP contribution in [0.1, 0.15) is 46.3 Å². The fourth-order valence-electron chi connectivity index (χ4n) is 2.56. The molecule has 18 heavy (non-hydrogen) atoms. The number of furan rings is 2. The van der Waals surface area contributed by atoms with Gasteiger partial charge in [-0.2, -0.15) is 0 Å². The largest absolute Gasteiger partial charge is 0.469 e. The second kappa shape index (κ2) is 4.37. The van der Waals surface area contributed by atoms with Gasteiger partial charge in [-0.25, -0.2) is 0 Å². The average Bonchev–Trinajstić information content (AvgIpc) is 3.00. The molecule has 4 nitrogen and oxygen atoms in total. The Bertz CT molecular complexity index is 554. The van der Waals surface area contributed by atoms with E-state index >= 15 is 0 Å². The molecule has 0 bridgehead atoms. The highest BCUT2D eigenvalue weighted by Gasteiger charge is 2.27. The Balaban J connectivity index is 1.82. The fraction of sp³-hybridized carbons (Fsp3) is 0.357. The minimum Gasteiger partial charge on any atom is -0.469 e. The normalized spacial score (nSPS) is 18.4. The minimum absolute atomic E-state index is 0.0325. The summed E-state index contributed by atoms with van der Waals surface area (Å²) in [6.45, 7) is 2.01. The first-order chi connectivity index (χ1) is 8.75. The van der Waals surface area contributed by atoms with Crippen LogP contribution in [0.3, 0.4) is 0 Å². The first-order valence-corrected chi connectivity index (χ1v) is 6.17. The van der Waals surface area contributed by atoms with E-state index in [1.807, 2.05) is 6.92 Å². The van der Waals surface area contributed by atoms with E-state index in [0.29, 0.717) is 5.76 Å². The molecule has 1 aliphatic carbocycles. The number of hydrogen-bond acceptors (Lipinski definition) is 3. The third-order valence-electron chi connectivity index (χ3n) is 3.40. The number of carbonyl (C=O) groups excluding carboxylic acids is 1. The topological polar surface area (TPSA) is 55.4 Å². The molecule has 0 unspecified atom stereocenters. The summed E-state index contributed by atoms with van der Waals surface area (Å²) in [6.07, 6.45) is 6.20. The van der Waals surface area contributed by atoms with Crippen molar-refractivity contribution in [2.75, 3.05) is 0 Å². The highest BCUT2D eigenvalue weighted by atomic mass is 16.3. The molecule has 2 aromatic rings. The molecular weight excluding hydrogens is 230 g/mol. The summed E-state index contributed by atoms with van der Waals surface area (Å²) in [5, 5.41) is 3.01. The predicted octanol–water partition coefficient (Wildman–Crippen LogP) is 2.99. The standard InChI is InChI=1S/C14H15NO3/c1-9-8-18-11-5-2-4-10(13(9)11)15-14(16)12-6-3-7-17-12/h3,6-8,10H,2,4-5H2,1H3,(H,15,16)/t10-/m1/s1. The van der Waals surface area contributed by atoms with Crippen LogP contribution >= 0.6 is 0 Å². The summed E-state index contributed by atoms with van der Waals surface area (Å²) in [7, 11) is 0. The van der Waals surface area contributed by atoms with Crippen LogP contribution in [-0.4, -0.2) is 5.91 Å². The van der Waals surface area contributed by atoms with Gasteiger partial charge in [0.2, 0.25) is 0 Å². The van der Waals surface area contributed by atoms with Gasteiger partial charge in [0.25, 0.3) is 5.91 Å². The van der Waals surface area contributed by atoms with Crippen molar-refractivity contribution in [3.8, 4) is 0 Å². The zero-order valence-electron chi connectivity index (χ0n) is 10.2. The van der Waals surface area contributed by atoms with E-state index in [1.54, 1.807) is 18.4 Å². The molecular formula is C14H15NO3. The van der Waals surface area contributed by atoms with E-state index < -0.39 is 0 Å². The first-order valence-electron chi connectivity index (χ1n) is 6.17. The smallest absolute Gasteiger partial charge is 0.287 e. The maximum atomic E-state index is 12.0.